The number of benzene rings is 9. The van der Waals surface area contributed by atoms with Gasteiger partial charge in [0.1, 0.15) is 0 Å². The average molecular weight is 736 g/mol. The number of rotatable bonds is 6. The number of nitrogens with zero attached hydrogens (tertiary/aromatic N) is 1. The molecule has 1 nitrogen and oxygen atoms in total. The third kappa shape index (κ3) is 5.35. The fraction of sp³-hybridized carbons (Fsp3) is 0. The van der Waals surface area contributed by atoms with Crippen molar-refractivity contribution in [3.05, 3.63) is 200 Å². The maximum Gasteiger partial charge on any atom is 0.0462 e. The number of thiophene rings is 2. The summed E-state index contributed by atoms with van der Waals surface area (Å²) in [6.45, 7) is 0. The quantitative estimate of drug-likeness (QED) is 0.164. The monoisotopic (exact) mass is 735 g/mol. The Kier molecular flexibility index (Phi) is 7.61. The number of fused-ring (bicyclic) bond motifs is 9. The molecule has 0 spiro atoms. The summed E-state index contributed by atoms with van der Waals surface area (Å²) in [6, 6.07) is 73.0. The molecule has 0 bridgehead atoms. The van der Waals surface area contributed by atoms with Gasteiger partial charge in [-0.1, -0.05) is 140 Å². The van der Waals surface area contributed by atoms with E-state index in [1.165, 1.54) is 84.5 Å². The molecule has 11 rings (SSSR count). The van der Waals surface area contributed by atoms with Gasteiger partial charge in [0.25, 0.3) is 0 Å². The summed E-state index contributed by atoms with van der Waals surface area (Å²) in [6.07, 6.45) is 0. The second-order valence-electron chi connectivity index (χ2n) is 14.0. The highest BCUT2D eigenvalue weighted by Gasteiger charge is 2.19. The Bertz CT molecular complexity index is 3170. The van der Waals surface area contributed by atoms with Crippen molar-refractivity contribution >= 4 is 90.9 Å². The number of anilines is 3. The number of para-hydroxylation sites is 1. The summed E-state index contributed by atoms with van der Waals surface area (Å²) in [5.74, 6) is 0. The summed E-state index contributed by atoms with van der Waals surface area (Å²) in [5, 5.41) is 8.09. The van der Waals surface area contributed by atoms with Crippen molar-refractivity contribution in [1.82, 2.24) is 0 Å². The summed E-state index contributed by atoms with van der Waals surface area (Å²) >= 11 is 3.79. The lowest BCUT2D eigenvalue weighted by Gasteiger charge is -2.26. The molecule has 3 heteroatoms. The van der Waals surface area contributed by atoms with Crippen molar-refractivity contribution in [3.8, 4) is 33.4 Å². The van der Waals surface area contributed by atoms with Gasteiger partial charge in [-0.15, -0.1) is 22.7 Å². The topological polar surface area (TPSA) is 3.24 Å². The summed E-state index contributed by atoms with van der Waals surface area (Å²) in [5.41, 5.74) is 10.7. The van der Waals surface area contributed by atoms with Crippen LogP contribution in [0.4, 0.5) is 17.1 Å². The van der Waals surface area contributed by atoms with Crippen molar-refractivity contribution in [2.24, 2.45) is 0 Å². The van der Waals surface area contributed by atoms with E-state index in [-0.39, 0.29) is 0 Å². The highest BCUT2D eigenvalue weighted by molar-refractivity contribution is 7.27. The first-order chi connectivity index (χ1) is 27.3. The molecule has 2 heterocycles. The third-order valence-electron chi connectivity index (χ3n) is 10.9. The van der Waals surface area contributed by atoms with Crippen molar-refractivity contribution in [2.45, 2.75) is 0 Å². The molecular formula is C52H33NS2. The van der Waals surface area contributed by atoms with Crippen molar-refractivity contribution in [3.63, 3.8) is 0 Å². The summed E-state index contributed by atoms with van der Waals surface area (Å²) in [7, 11) is 0. The standard InChI is InChI=1S/C52H33NS2/c1-3-12-34(13-4-1)41-16-7-8-17-42(41)35-22-28-39(29-23-35)53(38-14-5-2-6-15-38)40-30-24-36(25-31-40)43-19-11-21-46-50(43)52-48(55-46)33-27-37-26-32-47-51(49(37)52)44-18-9-10-20-45(44)54-47/h1-33H. The van der Waals surface area contributed by atoms with Gasteiger partial charge in [0.05, 0.1) is 0 Å². The van der Waals surface area contributed by atoms with E-state index in [4.69, 9.17) is 0 Å². The van der Waals surface area contributed by atoms with Crippen LogP contribution in [0.5, 0.6) is 0 Å². The minimum absolute atomic E-state index is 1.12. The summed E-state index contributed by atoms with van der Waals surface area (Å²) in [4.78, 5) is 2.35. The van der Waals surface area contributed by atoms with Gasteiger partial charge in [-0.05, 0) is 99.4 Å². The first kappa shape index (κ1) is 32.0. The Balaban J connectivity index is 1.03. The molecule has 0 atom stereocenters. The Morgan fingerprint density at radius 3 is 1.44 bits per heavy atom. The smallest absolute Gasteiger partial charge is 0.0462 e. The molecule has 0 amide bonds. The highest BCUT2D eigenvalue weighted by atomic mass is 32.1. The minimum Gasteiger partial charge on any atom is -0.311 e. The van der Waals surface area contributed by atoms with Gasteiger partial charge in [-0.3, -0.25) is 0 Å². The van der Waals surface area contributed by atoms with Gasteiger partial charge < -0.3 is 4.90 Å². The van der Waals surface area contributed by atoms with Crippen LogP contribution in [0.3, 0.4) is 0 Å². The Morgan fingerprint density at radius 1 is 0.273 bits per heavy atom. The van der Waals surface area contributed by atoms with E-state index in [0.717, 1.165) is 17.1 Å². The Morgan fingerprint density at radius 2 is 0.745 bits per heavy atom. The molecular weight excluding hydrogens is 703 g/mol. The lowest BCUT2D eigenvalue weighted by atomic mass is 9.94. The molecule has 11 aromatic rings. The largest absolute Gasteiger partial charge is 0.311 e. The number of hydrogen-bond acceptors (Lipinski definition) is 3. The van der Waals surface area contributed by atoms with Gasteiger partial charge in [-0.25, -0.2) is 0 Å². The van der Waals surface area contributed by atoms with Crippen LogP contribution in [-0.2, 0) is 0 Å². The van der Waals surface area contributed by atoms with Crippen LogP contribution in [-0.4, -0.2) is 0 Å². The Labute approximate surface area is 327 Å². The van der Waals surface area contributed by atoms with Crippen LogP contribution in [0.2, 0.25) is 0 Å². The third-order valence-corrected chi connectivity index (χ3v) is 13.1. The van der Waals surface area contributed by atoms with Crippen LogP contribution < -0.4 is 4.90 Å². The molecule has 0 saturated carbocycles. The van der Waals surface area contributed by atoms with E-state index in [0.29, 0.717) is 0 Å². The zero-order chi connectivity index (χ0) is 36.3. The highest BCUT2D eigenvalue weighted by Crippen LogP contribution is 2.48. The van der Waals surface area contributed by atoms with E-state index in [1.807, 2.05) is 22.7 Å². The fourth-order valence-electron chi connectivity index (χ4n) is 8.39. The first-order valence-corrected chi connectivity index (χ1v) is 20.3. The molecule has 55 heavy (non-hydrogen) atoms. The number of hydrogen-bond donors (Lipinski definition) is 0. The van der Waals surface area contributed by atoms with E-state index < -0.39 is 0 Å². The van der Waals surface area contributed by atoms with Gasteiger partial charge >= 0.3 is 0 Å². The molecule has 2 aromatic heterocycles. The molecule has 0 aliphatic rings. The molecule has 9 aromatic carbocycles. The maximum absolute atomic E-state index is 2.35. The molecule has 0 radical (unpaired) electrons. The lowest BCUT2D eigenvalue weighted by Crippen LogP contribution is -2.09. The van der Waals surface area contributed by atoms with E-state index in [9.17, 15) is 0 Å². The van der Waals surface area contributed by atoms with Crippen molar-refractivity contribution in [1.29, 1.82) is 0 Å². The van der Waals surface area contributed by atoms with Crippen LogP contribution in [0.1, 0.15) is 0 Å². The van der Waals surface area contributed by atoms with E-state index >= 15 is 0 Å². The molecule has 0 fully saturated rings. The van der Waals surface area contributed by atoms with Crippen LogP contribution in [0, 0.1) is 0 Å². The first-order valence-electron chi connectivity index (χ1n) is 18.7. The molecule has 0 unspecified atom stereocenters. The second kappa shape index (κ2) is 13.1. The predicted molar refractivity (Wildman–Crippen MR) is 241 cm³/mol. The zero-order valence-electron chi connectivity index (χ0n) is 29.8. The SMILES string of the molecule is c1ccc(-c2ccccc2-c2ccc(N(c3ccccc3)c3ccc(-c4cccc5sc6ccc7ccc8sc9ccccc9c8c7c6c45)cc3)cc2)cc1. The van der Waals surface area contributed by atoms with Gasteiger partial charge in [0, 0.05) is 62.8 Å². The van der Waals surface area contributed by atoms with E-state index in [1.54, 1.807) is 0 Å². The van der Waals surface area contributed by atoms with Gasteiger partial charge in [0.2, 0.25) is 0 Å². The molecule has 0 aliphatic carbocycles. The summed E-state index contributed by atoms with van der Waals surface area (Å²) < 4.78 is 5.34. The van der Waals surface area contributed by atoms with Crippen LogP contribution in [0.25, 0.3) is 84.5 Å². The lowest BCUT2D eigenvalue weighted by molar-refractivity contribution is 1.28. The normalized spacial score (nSPS) is 11.6. The molecule has 258 valence electrons. The van der Waals surface area contributed by atoms with Crippen LogP contribution in [0.15, 0.2) is 200 Å². The molecule has 0 aliphatic heterocycles. The van der Waals surface area contributed by atoms with E-state index in [2.05, 4.69) is 205 Å². The van der Waals surface area contributed by atoms with Gasteiger partial charge in [0.15, 0.2) is 0 Å². The van der Waals surface area contributed by atoms with Crippen LogP contribution >= 0.6 is 22.7 Å². The minimum atomic E-state index is 1.12. The molecule has 0 N–H and O–H groups in total. The zero-order valence-corrected chi connectivity index (χ0v) is 31.4. The molecule has 0 saturated heterocycles. The average Bonchev–Trinajstić information content (AvgIpc) is 3.84. The predicted octanol–water partition coefficient (Wildman–Crippen LogP) is 16.0. The van der Waals surface area contributed by atoms with Gasteiger partial charge in [-0.2, -0.15) is 0 Å². The Hall–Kier alpha value is -6.52. The second-order valence-corrected chi connectivity index (χ2v) is 16.2. The maximum atomic E-state index is 2.35. The van der Waals surface area contributed by atoms with Crippen molar-refractivity contribution < 1.29 is 0 Å². The van der Waals surface area contributed by atoms with Crippen molar-refractivity contribution in [2.75, 3.05) is 4.90 Å². The fourth-order valence-corrected chi connectivity index (χ4v) is 10.6.